The van der Waals surface area contributed by atoms with Gasteiger partial charge in [0.05, 0.1) is 30.7 Å². The number of ether oxygens (including phenoxy) is 2. The molecule has 0 spiro atoms. The van der Waals surface area contributed by atoms with Crippen molar-refractivity contribution >= 4 is 47.3 Å². The Morgan fingerprint density at radius 2 is 1.73 bits per heavy atom. The molecule has 0 unspecified atom stereocenters. The normalized spacial score (nSPS) is 14.4. The molecule has 0 atom stereocenters. The van der Waals surface area contributed by atoms with E-state index in [9.17, 15) is 24.3 Å². The van der Waals surface area contributed by atoms with Crippen molar-refractivity contribution in [3.63, 3.8) is 0 Å². The Morgan fingerprint density at radius 3 is 2.40 bits per heavy atom. The van der Waals surface area contributed by atoms with Crippen molar-refractivity contribution in [1.82, 2.24) is 20.1 Å². The molecule has 2 aliphatic heterocycles. The predicted octanol–water partition coefficient (Wildman–Crippen LogP) is 5.20. The van der Waals surface area contributed by atoms with E-state index in [-0.39, 0.29) is 31.3 Å². The molecule has 0 saturated carbocycles. The van der Waals surface area contributed by atoms with Gasteiger partial charge >= 0.3 is 12.2 Å². The van der Waals surface area contributed by atoms with E-state index >= 15 is 0 Å². The van der Waals surface area contributed by atoms with Gasteiger partial charge in [0.15, 0.2) is 0 Å². The number of amides is 4. The third kappa shape index (κ3) is 9.86. The number of hydrogen-bond acceptors (Lipinski definition) is 9. The van der Waals surface area contributed by atoms with Crippen molar-refractivity contribution in [3.05, 3.63) is 58.4 Å². The summed E-state index contributed by atoms with van der Waals surface area (Å²) in [5, 5.41) is 15.1. The molecule has 13 heteroatoms. The van der Waals surface area contributed by atoms with Crippen LogP contribution in [0, 0.1) is 0 Å². The van der Waals surface area contributed by atoms with Crippen molar-refractivity contribution in [2.75, 3.05) is 31.6 Å². The first-order valence-corrected chi connectivity index (χ1v) is 16.1. The van der Waals surface area contributed by atoms with Crippen LogP contribution in [0.5, 0.6) is 0 Å². The summed E-state index contributed by atoms with van der Waals surface area (Å²) in [6, 6.07) is 6.70. The molecule has 3 heterocycles. The zero-order valence-corrected chi connectivity index (χ0v) is 28.8. The van der Waals surface area contributed by atoms with E-state index in [1.54, 1.807) is 67.1 Å². The highest BCUT2D eigenvalue weighted by atomic mass is 16.6. The Labute approximate surface area is 281 Å². The average molecular weight is 663 g/mol. The third-order valence-corrected chi connectivity index (χ3v) is 7.26. The van der Waals surface area contributed by atoms with E-state index in [0.29, 0.717) is 60.6 Å². The first-order valence-electron chi connectivity index (χ1n) is 16.1. The molecule has 0 aliphatic carbocycles. The number of nitrogens with one attached hydrogen (secondary N) is 2. The van der Waals surface area contributed by atoms with Crippen LogP contribution < -0.4 is 10.6 Å². The SMILES string of the molecule is CCCN(CCO)C(=O)C1=Cc2ccc(C(=O)Nc3cnc4c(c3)CN(C(=O)OC(C)(C)C)CC4)cc2N=C(NC(=O)OC(C)(C)C)C1. The number of rotatable bonds is 7. The smallest absolute Gasteiger partial charge is 0.413 e. The number of amidine groups is 1. The fourth-order valence-electron chi connectivity index (χ4n) is 5.23. The predicted molar refractivity (Wildman–Crippen MR) is 182 cm³/mol. The van der Waals surface area contributed by atoms with Gasteiger partial charge in [-0.25, -0.2) is 14.6 Å². The van der Waals surface area contributed by atoms with Gasteiger partial charge in [0.25, 0.3) is 5.91 Å². The Bertz CT molecular complexity index is 1610. The topological polar surface area (TPSA) is 163 Å². The molecule has 0 radical (unpaired) electrons. The van der Waals surface area contributed by atoms with Crippen LogP contribution >= 0.6 is 0 Å². The summed E-state index contributed by atoms with van der Waals surface area (Å²) >= 11 is 0. The van der Waals surface area contributed by atoms with Crippen LogP contribution in [-0.2, 0) is 27.2 Å². The van der Waals surface area contributed by atoms with E-state index < -0.39 is 29.3 Å². The van der Waals surface area contributed by atoms with Crippen LogP contribution in [0.4, 0.5) is 21.0 Å². The van der Waals surface area contributed by atoms with Gasteiger partial charge in [0, 0.05) is 54.9 Å². The number of carbonyl (C=O) groups excluding carboxylic acids is 4. The molecule has 2 aliphatic rings. The summed E-state index contributed by atoms with van der Waals surface area (Å²) < 4.78 is 10.9. The standard InChI is InChI=1S/C35H46N6O7/c1-8-12-40(14-15-42)31(44)24-16-22-9-10-23(18-28(22)38-29(19-24)39-32(45)47-34(2,3)4)30(43)37-26-17-25-21-41(13-11-27(25)36-20-26)33(46)48-35(5,6)7/h9-10,16-18,20,42H,8,11-15,19,21H2,1-7H3,(H,37,43)(H,38,39,45). The molecular weight excluding hydrogens is 616 g/mol. The lowest BCUT2D eigenvalue weighted by Crippen LogP contribution is -2.40. The number of alkyl carbamates (subject to hydrolysis) is 1. The second kappa shape index (κ2) is 15.0. The van der Waals surface area contributed by atoms with Crippen molar-refractivity contribution in [2.24, 2.45) is 4.99 Å². The Hall–Kier alpha value is -4.78. The highest BCUT2D eigenvalue weighted by molar-refractivity contribution is 6.10. The van der Waals surface area contributed by atoms with Crippen molar-refractivity contribution in [1.29, 1.82) is 0 Å². The number of aromatic nitrogens is 1. The maximum Gasteiger partial charge on any atom is 0.413 e. The number of nitrogens with zero attached hydrogens (tertiary/aromatic N) is 4. The Balaban J connectivity index is 1.59. The summed E-state index contributed by atoms with van der Waals surface area (Å²) in [6.07, 6.45) is 3.42. The Morgan fingerprint density at radius 1 is 1.00 bits per heavy atom. The molecule has 4 amide bonds. The second-order valence-corrected chi connectivity index (χ2v) is 13.8. The van der Waals surface area contributed by atoms with Gasteiger partial charge in [0.2, 0.25) is 5.91 Å². The molecule has 0 fully saturated rings. The third-order valence-electron chi connectivity index (χ3n) is 7.26. The monoisotopic (exact) mass is 662 g/mol. The van der Waals surface area contributed by atoms with Gasteiger partial charge in [-0.05, 0) is 77.8 Å². The number of carbonyl (C=O) groups is 4. The molecule has 4 rings (SSSR count). The number of aliphatic imine (C=N–C) groups is 1. The number of pyridine rings is 1. The highest BCUT2D eigenvalue weighted by Gasteiger charge is 2.28. The molecule has 0 bridgehead atoms. The summed E-state index contributed by atoms with van der Waals surface area (Å²) in [5.74, 6) is -0.531. The molecule has 3 N–H and O–H groups in total. The van der Waals surface area contributed by atoms with E-state index in [1.165, 1.54) is 0 Å². The van der Waals surface area contributed by atoms with Crippen LogP contribution in [0.25, 0.3) is 6.08 Å². The van der Waals surface area contributed by atoms with Crippen LogP contribution in [0.15, 0.2) is 41.0 Å². The number of fused-ring (bicyclic) bond motifs is 2. The van der Waals surface area contributed by atoms with Gasteiger partial charge < -0.3 is 29.7 Å². The summed E-state index contributed by atoms with van der Waals surface area (Å²) in [6.45, 7) is 13.8. The second-order valence-electron chi connectivity index (χ2n) is 13.8. The number of benzene rings is 1. The molecule has 48 heavy (non-hydrogen) atoms. The van der Waals surface area contributed by atoms with Crippen molar-refractivity contribution in [2.45, 2.75) is 85.5 Å². The minimum Gasteiger partial charge on any atom is -0.444 e. The summed E-state index contributed by atoms with van der Waals surface area (Å²) in [7, 11) is 0. The Kier molecular flexibility index (Phi) is 11.2. The number of anilines is 1. The van der Waals surface area contributed by atoms with E-state index in [1.807, 2.05) is 27.7 Å². The summed E-state index contributed by atoms with van der Waals surface area (Å²) in [4.78, 5) is 64.7. The lowest BCUT2D eigenvalue weighted by molar-refractivity contribution is -0.127. The number of hydrogen-bond donors (Lipinski definition) is 3. The zero-order chi connectivity index (χ0) is 35.2. The maximum atomic E-state index is 13.5. The first-order chi connectivity index (χ1) is 22.5. The molecule has 258 valence electrons. The fourth-order valence-corrected chi connectivity index (χ4v) is 5.23. The van der Waals surface area contributed by atoms with Gasteiger partial charge in [-0.2, -0.15) is 0 Å². The summed E-state index contributed by atoms with van der Waals surface area (Å²) in [5.41, 5.74) is 2.36. The highest BCUT2D eigenvalue weighted by Crippen LogP contribution is 2.30. The van der Waals surface area contributed by atoms with Crippen LogP contribution in [0.3, 0.4) is 0 Å². The van der Waals surface area contributed by atoms with E-state index in [0.717, 1.165) is 11.3 Å². The van der Waals surface area contributed by atoms with Crippen molar-refractivity contribution < 1.29 is 33.8 Å². The van der Waals surface area contributed by atoms with Gasteiger partial charge in [-0.3, -0.25) is 19.9 Å². The molecule has 1 aromatic heterocycles. The van der Waals surface area contributed by atoms with Gasteiger partial charge in [-0.1, -0.05) is 13.0 Å². The van der Waals surface area contributed by atoms with Crippen LogP contribution in [0.2, 0.25) is 0 Å². The lowest BCUT2D eigenvalue weighted by Gasteiger charge is -2.31. The van der Waals surface area contributed by atoms with Gasteiger partial charge in [-0.15, -0.1) is 0 Å². The van der Waals surface area contributed by atoms with Crippen LogP contribution in [0.1, 0.15) is 88.5 Å². The van der Waals surface area contributed by atoms with E-state index in [4.69, 9.17) is 9.47 Å². The number of aliphatic hydroxyl groups excluding tert-OH is 1. The minimum absolute atomic E-state index is 0.00103. The fraction of sp³-hybridized carbons (Fsp3) is 0.486. The van der Waals surface area contributed by atoms with Crippen molar-refractivity contribution in [3.8, 4) is 0 Å². The molecule has 0 saturated heterocycles. The van der Waals surface area contributed by atoms with Crippen LogP contribution in [-0.4, -0.2) is 87.2 Å². The maximum absolute atomic E-state index is 13.5. The minimum atomic E-state index is -0.758. The van der Waals surface area contributed by atoms with E-state index in [2.05, 4.69) is 20.6 Å². The molecule has 2 aromatic rings. The molecule has 1 aromatic carbocycles. The molecular formula is C35H46N6O7. The largest absolute Gasteiger partial charge is 0.444 e. The quantitative estimate of drug-likeness (QED) is 0.364. The average Bonchev–Trinajstić information content (AvgIpc) is 3.16. The lowest BCUT2D eigenvalue weighted by atomic mass is 10.0. The molecule has 13 nitrogen and oxygen atoms in total. The first kappa shape index (κ1) is 36.1. The van der Waals surface area contributed by atoms with Gasteiger partial charge in [0.1, 0.15) is 17.0 Å². The zero-order valence-electron chi connectivity index (χ0n) is 28.8. The number of aliphatic hydroxyl groups is 1.